The van der Waals surface area contributed by atoms with Crippen molar-refractivity contribution in [1.29, 1.82) is 0 Å². The van der Waals surface area contributed by atoms with Crippen molar-refractivity contribution in [2.45, 2.75) is 88.0 Å². The van der Waals surface area contributed by atoms with Crippen molar-refractivity contribution in [3.63, 3.8) is 0 Å². The molecule has 3 heterocycles. The third-order valence-corrected chi connectivity index (χ3v) is 7.06. The molecule has 0 unspecified atom stereocenters. The lowest BCUT2D eigenvalue weighted by Gasteiger charge is -2.42. The van der Waals surface area contributed by atoms with Crippen LogP contribution in [-0.2, 0) is 4.74 Å². The molecule has 0 N–H and O–H groups in total. The molecular formula is C26H32N6O. The predicted octanol–water partition coefficient (Wildman–Crippen LogP) is 6.69. The van der Waals surface area contributed by atoms with Gasteiger partial charge in [-0.05, 0) is 52.7 Å². The predicted molar refractivity (Wildman–Crippen MR) is 127 cm³/mol. The highest BCUT2D eigenvalue weighted by molar-refractivity contribution is 5.34. The quantitative estimate of drug-likeness (QED) is 0.517. The van der Waals surface area contributed by atoms with Gasteiger partial charge >= 0.3 is 0 Å². The Morgan fingerprint density at radius 3 is 1.36 bits per heavy atom. The Hall–Kier alpha value is -2.80. The Morgan fingerprint density at radius 1 is 0.576 bits per heavy atom. The second-order valence-electron chi connectivity index (χ2n) is 10.9. The third kappa shape index (κ3) is 3.53. The van der Waals surface area contributed by atoms with Gasteiger partial charge in [-0.25, -0.2) is 0 Å². The SMILES string of the molecule is CC1(C)N=NC([C@H]2N=NC(C)(C)[C@@H]2c2ccccc2)([C@H]2N=NC(C)(C)[C@@H]2c2ccccc2)O1. The van der Waals surface area contributed by atoms with Gasteiger partial charge in [0.2, 0.25) is 5.72 Å². The highest BCUT2D eigenvalue weighted by Crippen LogP contribution is 2.56. The summed E-state index contributed by atoms with van der Waals surface area (Å²) in [4.78, 5) is 0. The zero-order valence-electron chi connectivity index (χ0n) is 20.2. The van der Waals surface area contributed by atoms with Crippen molar-refractivity contribution < 1.29 is 4.74 Å². The average Bonchev–Trinajstić information content (AvgIpc) is 3.39. The lowest BCUT2D eigenvalue weighted by atomic mass is 9.69. The molecule has 3 aliphatic rings. The highest BCUT2D eigenvalue weighted by atomic mass is 16.6. The first-order valence-electron chi connectivity index (χ1n) is 11.6. The summed E-state index contributed by atoms with van der Waals surface area (Å²) >= 11 is 0. The normalized spacial score (nSPS) is 32.4. The van der Waals surface area contributed by atoms with Crippen LogP contribution in [0.4, 0.5) is 0 Å². The number of azo groups is 3. The van der Waals surface area contributed by atoms with Crippen LogP contribution in [0.1, 0.15) is 64.5 Å². The Kier molecular flexibility index (Phi) is 4.90. The molecule has 0 saturated heterocycles. The number of rotatable bonds is 4. The molecule has 33 heavy (non-hydrogen) atoms. The monoisotopic (exact) mass is 444 g/mol. The number of hydrogen-bond donors (Lipinski definition) is 0. The van der Waals surface area contributed by atoms with Gasteiger partial charge in [-0.2, -0.15) is 30.7 Å². The molecule has 0 aromatic heterocycles. The Morgan fingerprint density at radius 2 is 1.00 bits per heavy atom. The van der Waals surface area contributed by atoms with E-state index in [9.17, 15) is 0 Å². The van der Waals surface area contributed by atoms with Gasteiger partial charge in [0.25, 0.3) is 0 Å². The smallest absolute Gasteiger partial charge is 0.231 e. The minimum atomic E-state index is -1.11. The first kappa shape index (κ1) is 22.0. The van der Waals surface area contributed by atoms with E-state index in [1.165, 1.54) is 0 Å². The van der Waals surface area contributed by atoms with E-state index >= 15 is 0 Å². The van der Waals surface area contributed by atoms with Crippen LogP contribution in [0.15, 0.2) is 91.3 Å². The lowest BCUT2D eigenvalue weighted by Crippen LogP contribution is -2.57. The van der Waals surface area contributed by atoms with E-state index in [2.05, 4.69) is 81.3 Å². The van der Waals surface area contributed by atoms with Crippen molar-refractivity contribution in [2.75, 3.05) is 0 Å². The number of nitrogens with zero attached hydrogens (tertiary/aromatic N) is 6. The minimum Gasteiger partial charge on any atom is -0.319 e. The van der Waals surface area contributed by atoms with Gasteiger partial charge < -0.3 is 4.74 Å². The first-order chi connectivity index (χ1) is 15.6. The molecule has 7 heteroatoms. The summed E-state index contributed by atoms with van der Waals surface area (Å²) < 4.78 is 6.75. The lowest BCUT2D eigenvalue weighted by molar-refractivity contribution is -0.127. The molecule has 2 aromatic carbocycles. The van der Waals surface area contributed by atoms with Gasteiger partial charge in [0.05, 0.1) is 11.1 Å². The molecule has 2 aromatic rings. The molecular weight excluding hydrogens is 412 g/mol. The summed E-state index contributed by atoms with van der Waals surface area (Å²) in [6.07, 6.45) is 0. The van der Waals surface area contributed by atoms with Crippen LogP contribution >= 0.6 is 0 Å². The second kappa shape index (κ2) is 7.35. The van der Waals surface area contributed by atoms with Crippen LogP contribution in [-0.4, -0.2) is 34.6 Å². The van der Waals surface area contributed by atoms with E-state index in [1.54, 1.807) is 0 Å². The van der Waals surface area contributed by atoms with E-state index < -0.39 is 22.5 Å². The van der Waals surface area contributed by atoms with E-state index in [-0.39, 0.29) is 23.9 Å². The Labute approximate surface area is 195 Å². The number of ether oxygens (including phenoxy) is 1. The fourth-order valence-electron chi connectivity index (χ4n) is 5.65. The largest absolute Gasteiger partial charge is 0.319 e. The summed E-state index contributed by atoms with van der Waals surface area (Å²) in [5.74, 6) is -0.0798. The molecule has 0 fully saturated rings. The minimum absolute atomic E-state index is 0.0399. The first-order valence-corrected chi connectivity index (χ1v) is 11.6. The van der Waals surface area contributed by atoms with E-state index in [4.69, 9.17) is 30.3 Å². The third-order valence-electron chi connectivity index (χ3n) is 7.06. The molecule has 4 atom stereocenters. The van der Waals surface area contributed by atoms with Crippen LogP contribution in [0, 0.1) is 0 Å². The van der Waals surface area contributed by atoms with Crippen LogP contribution < -0.4 is 0 Å². The fourth-order valence-corrected chi connectivity index (χ4v) is 5.65. The van der Waals surface area contributed by atoms with Crippen LogP contribution in [0.5, 0.6) is 0 Å². The van der Waals surface area contributed by atoms with Gasteiger partial charge in [-0.1, -0.05) is 60.7 Å². The Bertz CT molecular complexity index is 1030. The maximum atomic E-state index is 6.75. The van der Waals surface area contributed by atoms with Crippen molar-refractivity contribution in [3.05, 3.63) is 71.8 Å². The summed E-state index contributed by atoms with van der Waals surface area (Å²) in [5.41, 5.74) is -0.417. The van der Waals surface area contributed by atoms with Crippen molar-refractivity contribution in [3.8, 4) is 0 Å². The molecule has 172 valence electrons. The van der Waals surface area contributed by atoms with Gasteiger partial charge in [-0.3, -0.25) is 0 Å². The van der Waals surface area contributed by atoms with Crippen LogP contribution in [0.25, 0.3) is 0 Å². The van der Waals surface area contributed by atoms with Gasteiger partial charge in [0.1, 0.15) is 12.1 Å². The average molecular weight is 445 g/mol. The van der Waals surface area contributed by atoms with Crippen molar-refractivity contribution in [2.24, 2.45) is 30.7 Å². The van der Waals surface area contributed by atoms with Crippen LogP contribution in [0.2, 0.25) is 0 Å². The molecule has 3 aliphatic heterocycles. The van der Waals surface area contributed by atoms with Crippen molar-refractivity contribution >= 4 is 0 Å². The molecule has 0 aliphatic carbocycles. The molecule has 0 radical (unpaired) electrons. The van der Waals surface area contributed by atoms with Gasteiger partial charge in [0.15, 0.2) is 5.72 Å². The molecule has 0 bridgehead atoms. The zero-order chi connectivity index (χ0) is 23.5. The fraction of sp³-hybridized carbons (Fsp3) is 0.538. The van der Waals surface area contributed by atoms with Crippen molar-refractivity contribution in [1.82, 2.24) is 0 Å². The standard InChI is InChI=1S/C26H32N6O/c1-23(2)19(17-13-9-7-10-14-17)21(27-29-23)26(32-31-25(5,6)33-26)22-20(24(3,4)30-28-22)18-15-11-8-12-16-18/h7-16,19-22H,1-6H3/t19-,20-,21+,22+/m1/s1. The summed E-state index contributed by atoms with van der Waals surface area (Å²) in [6, 6.07) is 20.0. The molecule has 0 amide bonds. The second-order valence-corrected chi connectivity index (χ2v) is 10.9. The summed E-state index contributed by atoms with van der Waals surface area (Å²) in [7, 11) is 0. The number of benzene rings is 2. The Balaban J connectivity index is 1.67. The molecule has 7 nitrogen and oxygen atoms in total. The van der Waals surface area contributed by atoms with E-state index in [0.717, 1.165) is 11.1 Å². The summed E-state index contributed by atoms with van der Waals surface area (Å²) in [5, 5.41) is 28.5. The molecule has 5 rings (SSSR count). The number of hydrogen-bond acceptors (Lipinski definition) is 7. The van der Waals surface area contributed by atoms with Crippen LogP contribution in [0.3, 0.4) is 0 Å². The highest BCUT2D eigenvalue weighted by Gasteiger charge is 2.66. The van der Waals surface area contributed by atoms with Gasteiger partial charge in [0, 0.05) is 11.8 Å². The summed E-state index contributed by atoms with van der Waals surface area (Å²) in [6.45, 7) is 12.3. The maximum Gasteiger partial charge on any atom is 0.231 e. The maximum absolute atomic E-state index is 6.75. The molecule has 0 saturated carbocycles. The zero-order valence-corrected chi connectivity index (χ0v) is 20.2. The van der Waals surface area contributed by atoms with E-state index in [0.29, 0.717) is 0 Å². The van der Waals surface area contributed by atoms with Gasteiger partial charge in [-0.15, -0.1) is 0 Å². The topological polar surface area (TPSA) is 83.4 Å². The molecule has 0 spiro atoms. The van der Waals surface area contributed by atoms with E-state index in [1.807, 2.05) is 26.0 Å².